The number of benzene rings is 3. The molecular weight excluding hydrogens is 452 g/mol. The molecule has 0 fully saturated rings. The van der Waals surface area contributed by atoms with Gasteiger partial charge in [-0.1, -0.05) is 56.2 Å². The van der Waals surface area contributed by atoms with Crippen LogP contribution in [0.4, 0.5) is 22.7 Å². The van der Waals surface area contributed by atoms with Gasteiger partial charge in [0.05, 0.1) is 6.54 Å². The van der Waals surface area contributed by atoms with Gasteiger partial charge in [0.15, 0.2) is 0 Å². The van der Waals surface area contributed by atoms with E-state index in [-0.39, 0.29) is 24.3 Å². The molecule has 0 atom stereocenters. The number of amides is 3. The van der Waals surface area contributed by atoms with Crippen LogP contribution in [0.15, 0.2) is 78.9 Å². The van der Waals surface area contributed by atoms with E-state index in [1.54, 1.807) is 30.3 Å². The van der Waals surface area contributed by atoms with E-state index in [1.807, 2.05) is 48.5 Å². The lowest BCUT2D eigenvalue weighted by molar-refractivity contribution is -0.117. The lowest BCUT2D eigenvalue weighted by Crippen LogP contribution is -2.21. The Labute approximate surface area is 212 Å². The second-order valence-corrected chi connectivity index (χ2v) is 8.60. The van der Waals surface area contributed by atoms with E-state index >= 15 is 0 Å². The molecule has 7 nitrogen and oxygen atoms in total. The van der Waals surface area contributed by atoms with Crippen LogP contribution in [0, 0.1) is 0 Å². The van der Waals surface area contributed by atoms with Gasteiger partial charge < -0.3 is 21.3 Å². The molecule has 3 aromatic carbocycles. The van der Waals surface area contributed by atoms with E-state index in [9.17, 15) is 14.4 Å². The van der Waals surface area contributed by atoms with Crippen LogP contribution in [0.3, 0.4) is 0 Å². The van der Waals surface area contributed by atoms with E-state index in [0.29, 0.717) is 36.3 Å². The first-order valence-corrected chi connectivity index (χ1v) is 12.4. The Morgan fingerprint density at radius 1 is 0.611 bits per heavy atom. The van der Waals surface area contributed by atoms with Crippen molar-refractivity contribution in [2.75, 3.05) is 27.8 Å². The zero-order valence-corrected chi connectivity index (χ0v) is 20.7. The quantitative estimate of drug-likeness (QED) is 0.229. The number of carbonyl (C=O) groups excluding carboxylic acids is 3. The summed E-state index contributed by atoms with van der Waals surface area (Å²) >= 11 is 0. The third-order valence-corrected chi connectivity index (χ3v) is 5.54. The summed E-state index contributed by atoms with van der Waals surface area (Å²) in [5, 5.41) is 11.7. The Bertz CT molecular complexity index is 1130. The zero-order chi connectivity index (χ0) is 25.6. The first kappa shape index (κ1) is 26.5. The minimum atomic E-state index is -0.205. The fourth-order valence-electron chi connectivity index (χ4n) is 3.62. The molecule has 0 heterocycles. The van der Waals surface area contributed by atoms with Gasteiger partial charge in [0.1, 0.15) is 0 Å². The van der Waals surface area contributed by atoms with Gasteiger partial charge >= 0.3 is 0 Å². The third-order valence-electron chi connectivity index (χ3n) is 5.54. The molecule has 0 aliphatic rings. The van der Waals surface area contributed by atoms with Crippen molar-refractivity contribution in [3.63, 3.8) is 0 Å². The number of hydrogen-bond donors (Lipinski definition) is 4. The van der Waals surface area contributed by atoms with E-state index in [1.165, 1.54) is 0 Å². The van der Waals surface area contributed by atoms with Crippen molar-refractivity contribution in [1.29, 1.82) is 0 Å². The molecule has 0 spiro atoms. The SMILES string of the molecule is CCCCCC(=O)Nc1cccc(NCC(=O)Nc2ccc(NC(=O)CCc3ccccc3)cc2)c1. The van der Waals surface area contributed by atoms with Gasteiger partial charge in [0, 0.05) is 35.6 Å². The topological polar surface area (TPSA) is 99.3 Å². The molecule has 4 N–H and O–H groups in total. The Kier molecular flexibility index (Phi) is 10.5. The average molecular weight is 487 g/mol. The fourth-order valence-corrected chi connectivity index (χ4v) is 3.62. The van der Waals surface area contributed by atoms with Gasteiger partial charge in [-0.15, -0.1) is 0 Å². The maximum Gasteiger partial charge on any atom is 0.243 e. The van der Waals surface area contributed by atoms with Gasteiger partial charge in [-0.05, 0) is 60.9 Å². The molecule has 7 heteroatoms. The van der Waals surface area contributed by atoms with Crippen LogP contribution in [-0.2, 0) is 20.8 Å². The highest BCUT2D eigenvalue weighted by molar-refractivity contribution is 5.95. The van der Waals surface area contributed by atoms with Crippen LogP contribution in [0.25, 0.3) is 0 Å². The first-order chi connectivity index (χ1) is 17.5. The maximum atomic E-state index is 12.4. The molecule has 3 amide bonds. The number of nitrogens with one attached hydrogen (secondary N) is 4. The minimum absolute atomic E-state index is 0.00539. The number of rotatable bonds is 13. The molecule has 0 saturated carbocycles. The Balaban J connectivity index is 1.40. The van der Waals surface area contributed by atoms with Crippen LogP contribution in [0.1, 0.15) is 44.6 Å². The standard InChI is InChI=1S/C29H34N4O3/c1-2-3-5-13-27(34)33-26-12-8-11-25(20-26)30-21-29(36)32-24-17-15-23(16-18-24)31-28(35)19-14-22-9-6-4-7-10-22/h4,6-12,15-18,20,30H,2-3,5,13-14,19,21H2,1H3,(H,31,35)(H,32,36)(H,33,34). The highest BCUT2D eigenvalue weighted by Crippen LogP contribution is 2.17. The summed E-state index contributed by atoms with van der Waals surface area (Å²) in [6.07, 6.45) is 4.58. The smallest absolute Gasteiger partial charge is 0.243 e. The highest BCUT2D eigenvalue weighted by Gasteiger charge is 2.07. The maximum absolute atomic E-state index is 12.4. The molecule has 0 aromatic heterocycles. The van der Waals surface area contributed by atoms with Gasteiger partial charge in [0.2, 0.25) is 17.7 Å². The first-order valence-electron chi connectivity index (χ1n) is 12.4. The predicted molar refractivity (Wildman–Crippen MR) is 146 cm³/mol. The van der Waals surface area contributed by atoms with Crippen molar-refractivity contribution in [1.82, 2.24) is 0 Å². The van der Waals surface area contributed by atoms with Gasteiger partial charge in [-0.2, -0.15) is 0 Å². The third kappa shape index (κ3) is 9.62. The van der Waals surface area contributed by atoms with Crippen LogP contribution in [-0.4, -0.2) is 24.3 Å². The van der Waals surface area contributed by atoms with Crippen LogP contribution < -0.4 is 21.3 Å². The fraction of sp³-hybridized carbons (Fsp3) is 0.276. The van der Waals surface area contributed by atoms with E-state index < -0.39 is 0 Å². The molecule has 0 unspecified atom stereocenters. The molecule has 3 rings (SSSR count). The van der Waals surface area contributed by atoms with E-state index in [4.69, 9.17) is 0 Å². The molecule has 0 aliphatic heterocycles. The molecular formula is C29H34N4O3. The van der Waals surface area contributed by atoms with Gasteiger partial charge in [-0.25, -0.2) is 0 Å². The van der Waals surface area contributed by atoms with Gasteiger partial charge in [0.25, 0.3) is 0 Å². The minimum Gasteiger partial charge on any atom is -0.376 e. The van der Waals surface area contributed by atoms with Crippen LogP contribution in [0.5, 0.6) is 0 Å². The number of hydrogen-bond acceptors (Lipinski definition) is 4. The van der Waals surface area contributed by atoms with Crippen molar-refractivity contribution in [2.45, 2.75) is 45.4 Å². The Hall–Kier alpha value is -4.13. The summed E-state index contributed by atoms with van der Waals surface area (Å²) in [5.41, 5.74) is 3.88. The zero-order valence-electron chi connectivity index (χ0n) is 20.7. The number of carbonyl (C=O) groups is 3. The molecule has 3 aromatic rings. The largest absolute Gasteiger partial charge is 0.376 e. The summed E-state index contributed by atoms with van der Waals surface area (Å²) in [7, 11) is 0. The lowest BCUT2D eigenvalue weighted by Gasteiger charge is -2.11. The summed E-state index contributed by atoms with van der Waals surface area (Å²) < 4.78 is 0. The highest BCUT2D eigenvalue weighted by atomic mass is 16.2. The van der Waals surface area contributed by atoms with E-state index in [2.05, 4.69) is 28.2 Å². The average Bonchev–Trinajstić information content (AvgIpc) is 2.88. The molecule has 188 valence electrons. The summed E-state index contributed by atoms with van der Waals surface area (Å²) in [5.74, 6) is -0.267. The van der Waals surface area contributed by atoms with Crippen molar-refractivity contribution in [2.24, 2.45) is 0 Å². The molecule has 0 radical (unpaired) electrons. The number of anilines is 4. The second-order valence-electron chi connectivity index (χ2n) is 8.60. The summed E-state index contributed by atoms with van der Waals surface area (Å²) in [6.45, 7) is 2.18. The Morgan fingerprint density at radius 2 is 1.22 bits per heavy atom. The predicted octanol–water partition coefficient (Wildman–Crippen LogP) is 5.83. The molecule has 36 heavy (non-hydrogen) atoms. The van der Waals surface area contributed by atoms with Crippen LogP contribution >= 0.6 is 0 Å². The van der Waals surface area contributed by atoms with Crippen molar-refractivity contribution >= 4 is 40.5 Å². The van der Waals surface area contributed by atoms with Gasteiger partial charge in [-0.3, -0.25) is 14.4 Å². The summed E-state index contributed by atoms with van der Waals surface area (Å²) in [6, 6.07) is 24.2. The normalized spacial score (nSPS) is 10.4. The van der Waals surface area contributed by atoms with Crippen molar-refractivity contribution in [3.8, 4) is 0 Å². The van der Waals surface area contributed by atoms with Crippen molar-refractivity contribution in [3.05, 3.63) is 84.4 Å². The molecule has 0 saturated heterocycles. The van der Waals surface area contributed by atoms with Crippen LogP contribution in [0.2, 0.25) is 0 Å². The van der Waals surface area contributed by atoms with Crippen molar-refractivity contribution < 1.29 is 14.4 Å². The molecule has 0 aliphatic carbocycles. The lowest BCUT2D eigenvalue weighted by atomic mass is 10.1. The summed E-state index contributed by atoms with van der Waals surface area (Å²) in [4.78, 5) is 36.6. The Morgan fingerprint density at radius 3 is 1.92 bits per heavy atom. The monoisotopic (exact) mass is 486 g/mol. The van der Waals surface area contributed by atoms with E-state index in [0.717, 1.165) is 30.5 Å². The second kappa shape index (κ2) is 14.3. The number of aryl methyl sites for hydroxylation is 1. The number of unbranched alkanes of at least 4 members (excludes halogenated alkanes) is 2. The molecule has 0 bridgehead atoms.